The van der Waals surface area contributed by atoms with Gasteiger partial charge in [0.15, 0.2) is 5.96 Å². The molecule has 0 saturated carbocycles. The number of hydrogen-bond donors (Lipinski definition) is 1. The number of piperidine rings is 1. The van der Waals surface area contributed by atoms with E-state index in [0.717, 1.165) is 82.5 Å². The Hall–Kier alpha value is -1.99. The second kappa shape index (κ2) is 13.4. The van der Waals surface area contributed by atoms with Gasteiger partial charge in [0.2, 0.25) is 0 Å². The molecule has 2 heterocycles. The minimum absolute atomic E-state index is 0.296. The predicted octanol–water partition coefficient (Wildman–Crippen LogP) is 3.48. The maximum absolute atomic E-state index is 6.14. The van der Waals surface area contributed by atoms with E-state index >= 15 is 0 Å². The van der Waals surface area contributed by atoms with Crippen LogP contribution in [0.5, 0.6) is 11.5 Å². The summed E-state index contributed by atoms with van der Waals surface area (Å²) in [6.07, 6.45) is 7.16. The normalized spacial score (nSPS) is 20.5. The van der Waals surface area contributed by atoms with Crippen molar-refractivity contribution >= 4 is 5.96 Å². The Morgan fingerprint density at radius 3 is 2.77 bits per heavy atom. The van der Waals surface area contributed by atoms with Crippen LogP contribution in [-0.2, 0) is 9.47 Å². The molecular formula is C24H39N3O4. The second-order valence-electron chi connectivity index (χ2n) is 8.12. The molecule has 0 bridgehead atoms. The summed E-state index contributed by atoms with van der Waals surface area (Å²) in [6.45, 7) is 7.93. The lowest BCUT2D eigenvalue weighted by Crippen LogP contribution is -2.47. The van der Waals surface area contributed by atoms with Crippen molar-refractivity contribution in [1.29, 1.82) is 0 Å². The number of nitrogens with one attached hydrogen (secondary N) is 1. The summed E-state index contributed by atoms with van der Waals surface area (Å²) < 4.78 is 23.0. The van der Waals surface area contributed by atoms with E-state index in [2.05, 4.69) is 17.1 Å². The molecule has 0 aromatic heterocycles. The Morgan fingerprint density at radius 2 is 2.03 bits per heavy atom. The molecule has 0 radical (unpaired) electrons. The first-order chi connectivity index (χ1) is 15.3. The molecule has 1 atom stereocenters. The van der Waals surface area contributed by atoms with Gasteiger partial charge >= 0.3 is 0 Å². The zero-order chi connectivity index (χ0) is 21.7. The maximum Gasteiger partial charge on any atom is 0.193 e. The van der Waals surface area contributed by atoms with Crippen LogP contribution in [-0.4, -0.2) is 76.2 Å². The lowest BCUT2D eigenvalue weighted by molar-refractivity contribution is -0.0721. The summed E-state index contributed by atoms with van der Waals surface area (Å²) >= 11 is 0. The van der Waals surface area contributed by atoms with Crippen LogP contribution in [0.15, 0.2) is 29.3 Å². The SMILES string of the molecule is CCNC(=NCCCOc1cccc(OC)c1)N1CCC(OCC2CCCCO2)CC1. The average Bonchev–Trinajstić information content (AvgIpc) is 2.83. The van der Waals surface area contributed by atoms with Crippen LogP contribution in [0.25, 0.3) is 0 Å². The third kappa shape index (κ3) is 8.22. The van der Waals surface area contributed by atoms with Gasteiger partial charge in [0.1, 0.15) is 11.5 Å². The molecule has 31 heavy (non-hydrogen) atoms. The first-order valence-electron chi connectivity index (χ1n) is 11.8. The molecule has 1 aromatic rings. The summed E-state index contributed by atoms with van der Waals surface area (Å²) in [5.41, 5.74) is 0. The number of rotatable bonds is 10. The van der Waals surface area contributed by atoms with Gasteiger partial charge in [-0.1, -0.05) is 6.07 Å². The summed E-state index contributed by atoms with van der Waals surface area (Å²) in [7, 11) is 1.66. The molecule has 0 aliphatic carbocycles. The molecule has 2 fully saturated rings. The average molecular weight is 434 g/mol. The highest BCUT2D eigenvalue weighted by atomic mass is 16.5. The molecule has 2 aliphatic rings. The van der Waals surface area contributed by atoms with Crippen molar-refractivity contribution in [2.24, 2.45) is 4.99 Å². The number of hydrogen-bond acceptors (Lipinski definition) is 5. The van der Waals surface area contributed by atoms with E-state index in [1.807, 2.05) is 24.3 Å². The fraction of sp³-hybridized carbons (Fsp3) is 0.708. The van der Waals surface area contributed by atoms with E-state index in [-0.39, 0.29) is 0 Å². The van der Waals surface area contributed by atoms with Crippen LogP contribution in [0.1, 0.15) is 45.4 Å². The fourth-order valence-corrected chi connectivity index (χ4v) is 3.97. The second-order valence-corrected chi connectivity index (χ2v) is 8.12. The third-order valence-corrected chi connectivity index (χ3v) is 5.74. The van der Waals surface area contributed by atoms with E-state index in [0.29, 0.717) is 18.8 Å². The number of ether oxygens (including phenoxy) is 4. The number of benzene rings is 1. The number of aliphatic imine (C=N–C) groups is 1. The molecule has 0 spiro atoms. The fourth-order valence-electron chi connectivity index (χ4n) is 3.97. The number of guanidine groups is 1. The quantitative estimate of drug-likeness (QED) is 0.346. The van der Waals surface area contributed by atoms with Gasteiger partial charge in [-0.25, -0.2) is 0 Å². The largest absolute Gasteiger partial charge is 0.497 e. The smallest absolute Gasteiger partial charge is 0.193 e. The van der Waals surface area contributed by atoms with Gasteiger partial charge in [0, 0.05) is 45.3 Å². The van der Waals surface area contributed by atoms with E-state index < -0.39 is 0 Å². The first-order valence-corrected chi connectivity index (χ1v) is 11.8. The number of likely N-dealkylation sites (tertiary alicyclic amines) is 1. The van der Waals surface area contributed by atoms with Crippen LogP contribution in [0.2, 0.25) is 0 Å². The Kier molecular flexibility index (Phi) is 10.3. The van der Waals surface area contributed by atoms with Crippen LogP contribution in [0.4, 0.5) is 0 Å². The number of methoxy groups -OCH3 is 1. The van der Waals surface area contributed by atoms with E-state index in [4.69, 9.17) is 23.9 Å². The zero-order valence-corrected chi connectivity index (χ0v) is 19.2. The molecule has 0 amide bonds. The van der Waals surface area contributed by atoms with Gasteiger partial charge in [-0.15, -0.1) is 0 Å². The first kappa shape index (κ1) is 23.7. The molecule has 174 valence electrons. The molecule has 1 aromatic carbocycles. The highest BCUT2D eigenvalue weighted by Gasteiger charge is 2.23. The van der Waals surface area contributed by atoms with E-state index in [1.165, 1.54) is 12.8 Å². The highest BCUT2D eigenvalue weighted by Crippen LogP contribution is 2.19. The van der Waals surface area contributed by atoms with Crippen LogP contribution < -0.4 is 14.8 Å². The Morgan fingerprint density at radius 1 is 1.19 bits per heavy atom. The highest BCUT2D eigenvalue weighted by molar-refractivity contribution is 5.80. The predicted molar refractivity (Wildman–Crippen MR) is 123 cm³/mol. The maximum atomic E-state index is 6.14. The van der Waals surface area contributed by atoms with Crippen LogP contribution in [0, 0.1) is 0 Å². The molecular weight excluding hydrogens is 394 g/mol. The Bertz CT molecular complexity index is 656. The van der Waals surface area contributed by atoms with Gasteiger partial charge in [0.05, 0.1) is 32.5 Å². The van der Waals surface area contributed by atoms with Crippen molar-refractivity contribution in [3.05, 3.63) is 24.3 Å². The number of nitrogens with zero attached hydrogens (tertiary/aromatic N) is 2. The summed E-state index contributed by atoms with van der Waals surface area (Å²) in [6, 6.07) is 7.70. The van der Waals surface area contributed by atoms with Crippen molar-refractivity contribution in [3.8, 4) is 11.5 Å². The van der Waals surface area contributed by atoms with Crippen molar-refractivity contribution in [1.82, 2.24) is 10.2 Å². The van der Waals surface area contributed by atoms with Gasteiger partial charge in [-0.3, -0.25) is 4.99 Å². The molecule has 7 nitrogen and oxygen atoms in total. The monoisotopic (exact) mass is 433 g/mol. The van der Waals surface area contributed by atoms with Crippen LogP contribution in [0.3, 0.4) is 0 Å². The van der Waals surface area contributed by atoms with Gasteiger partial charge in [-0.05, 0) is 51.2 Å². The van der Waals surface area contributed by atoms with Gasteiger partial charge in [0.25, 0.3) is 0 Å². The topological polar surface area (TPSA) is 64.6 Å². The lowest BCUT2D eigenvalue weighted by Gasteiger charge is -2.35. The van der Waals surface area contributed by atoms with Crippen LogP contribution >= 0.6 is 0 Å². The molecule has 3 rings (SSSR count). The molecule has 1 N–H and O–H groups in total. The van der Waals surface area contributed by atoms with Crippen molar-refractivity contribution < 1.29 is 18.9 Å². The van der Waals surface area contributed by atoms with Crippen molar-refractivity contribution in [2.75, 3.05) is 53.1 Å². The molecule has 1 unspecified atom stereocenters. The standard InChI is InChI=1S/C24H39N3O4/c1-3-25-24(26-13-7-17-29-22-10-6-9-21(18-22)28-2)27-14-11-20(12-15-27)31-19-23-8-4-5-16-30-23/h6,9-10,18,20,23H,3-5,7-8,11-17,19H2,1-2H3,(H,25,26). The zero-order valence-electron chi connectivity index (χ0n) is 19.2. The van der Waals surface area contributed by atoms with Gasteiger partial charge < -0.3 is 29.2 Å². The van der Waals surface area contributed by atoms with Crippen molar-refractivity contribution in [2.45, 2.75) is 57.7 Å². The molecule has 2 saturated heterocycles. The third-order valence-electron chi connectivity index (χ3n) is 5.74. The molecule has 2 aliphatic heterocycles. The van der Waals surface area contributed by atoms with E-state index in [9.17, 15) is 0 Å². The summed E-state index contributed by atoms with van der Waals surface area (Å²) in [5.74, 6) is 2.64. The van der Waals surface area contributed by atoms with Gasteiger partial charge in [-0.2, -0.15) is 0 Å². The lowest BCUT2D eigenvalue weighted by atomic mass is 10.1. The minimum atomic E-state index is 0.296. The Balaban J connectivity index is 1.35. The summed E-state index contributed by atoms with van der Waals surface area (Å²) in [5, 5.41) is 3.43. The Labute approximate surface area is 187 Å². The minimum Gasteiger partial charge on any atom is -0.497 e. The summed E-state index contributed by atoms with van der Waals surface area (Å²) in [4.78, 5) is 7.16. The van der Waals surface area contributed by atoms with Crippen molar-refractivity contribution in [3.63, 3.8) is 0 Å². The molecule has 7 heteroatoms. The van der Waals surface area contributed by atoms with E-state index in [1.54, 1.807) is 7.11 Å².